The minimum absolute atomic E-state index is 0.0527. The van der Waals surface area contributed by atoms with E-state index in [2.05, 4.69) is 9.36 Å². The first-order valence-electron chi connectivity index (χ1n) is 4.33. The molecule has 0 aliphatic rings. The Labute approximate surface area is 97.5 Å². The van der Waals surface area contributed by atoms with Gasteiger partial charge in [-0.3, -0.25) is 0 Å². The molecule has 1 N–H and O–H groups in total. The number of alkyl halides is 3. The molecule has 2 aromatic rings. The first kappa shape index (κ1) is 11.6. The fraction of sp³-hybridized carbons (Fsp3) is 0.111. The number of rotatable bonds is 2. The molecule has 90 valence electrons. The van der Waals surface area contributed by atoms with Gasteiger partial charge < -0.3 is 9.84 Å². The average molecular weight is 262 g/mol. The highest BCUT2D eigenvalue weighted by atomic mass is 32.1. The number of ether oxygens (including phenoxy) is 1. The molecule has 1 aromatic carbocycles. The maximum Gasteiger partial charge on any atom is 0.452 e. The van der Waals surface area contributed by atoms with Gasteiger partial charge in [0.15, 0.2) is 0 Å². The van der Waals surface area contributed by atoms with E-state index in [-0.39, 0.29) is 16.7 Å². The van der Waals surface area contributed by atoms with E-state index in [0.29, 0.717) is 11.5 Å². The highest BCUT2D eigenvalue weighted by Crippen LogP contribution is 2.32. The number of hydrogen-bond acceptors (Lipinski definition) is 5. The topological polar surface area (TPSA) is 55.2 Å². The van der Waals surface area contributed by atoms with Gasteiger partial charge in [-0.15, -0.1) is 0 Å². The summed E-state index contributed by atoms with van der Waals surface area (Å²) in [5, 5.41) is 8.90. The molecular weight excluding hydrogens is 257 g/mol. The van der Waals surface area contributed by atoms with E-state index < -0.39 is 12.0 Å². The van der Waals surface area contributed by atoms with Gasteiger partial charge in [-0.25, -0.2) is 0 Å². The molecule has 0 saturated heterocycles. The lowest BCUT2D eigenvalue weighted by Gasteiger charge is -2.01. The van der Waals surface area contributed by atoms with Crippen LogP contribution < -0.4 is 4.74 Å². The van der Waals surface area contributed by atoms with E-state index in [1.807, 2.05) is 0 Å². The van der Waals surface area contributed by atoms with Crippen molar-refractivity contribution in [3.8, 4) is 16.7 Å². The van der Waals surface area contributed by atoms with Crippen molar-refractivity contribution in [3.05, 3.63) is 30.1 Å². The predicted octanol–water partition coefficient (Wildman–Crippen LogP) is 3.05. The molecule has 0 amide bonds. The number of aromatic hydroxyl groups is 1. The van der Waals surface area contributed by atoms with Crippen LogP contribution in [0.25, 0.3) is 0 Å². The van der Waals surface area contributed by atoms with Gasteiger partial charge in [0.1, 0.15) is 11.5 Å². The summed E-state index contributed by atoms with van der Waals surface area (Å²) < 4.78 is 44.7. The van der Waals surface area contributed by atoms with E-state index >= 15 is 0 Å². The standard InChI is InChI=1S/C9H5F3N2O2S/c10-9(11,12)7-13-8(17-14-7)16-6-3-1-2-5(15)4-6/h1-4,15H. The van der Waals surface area contributed by atoms with Crippen LogP contribution in [-0.4, -0.2) is 14.5 Å². The summed E-state index contributed by atoms with van der Waals surface area (Å²) in [5.41, 5.74) is 0. The van der Waals surface area contributed by atoms with Crippen LogP contribution in [0.1, 0.15) is 5.82 Å². The van der Waals surface area contributed by atoms with E-state index in [9.17, 15) is 13.2 Å². The zero-order valence-corrected chi connectivity index (χ0v) is 8.92. The smallest absolute Gasteiger partial charge is 0.452 e. The lowest BCUT2D eigenvalue weighted by molar-refractivity contribution is -0.144. The SMILES string of the molecule is Oc1cccc(Oc2nc(C(F)(F)F)ns2)c1. The minimum atomic E-state index is -4.59. The molecule has 4 nitrogen and oxygen atoms in total. The van der Waals surface area contributed by atoms with Gasteiger partial charge in [-0.05, 0) is 12.1 Å². The maximum absolute atomic E-state index is 12.2. The molecule has 0 saturated carbocycles. The third kappa shape index (κ3) is 2.84. The maximum atomic E-state index is 12.2. The molecule has 0 bridgehead atoms. The van der Waals surface area contributed by atoms with Crippen LogP contribution in [0.2, 0.25) is 0 Å². The number of benzene rings is 1. The molecule has 0 unspecified atom stereocenters. The number of phenols is 1. The number of halogens is 3. The summed E-state index contributed by atoms with van der Waals surface area (Å²) >= 11 is 0.492. The quantitative estimate of drug-likeness (QED) is 0.903. The normalized spacial score (nSPS) is 11.5. The first-order valence-corrected chi connectivity index (χ1v) is 5.10. The molecular formula is C9H5F3N2O2S. The first-order chi connectivity index (χ1) is 7.95. The second kappa shape index (κ2) is 4.21. The van der Waals surface area contributed by atoms with E-state index in [0.717, 1.165) is 0 Å². The summed E-state index contributed by atoms with van der Waals surface area (Å²) in [6.07, 6.45) is -4.59. The molecule has 0 atom stereocenters. The van der Waals surface area contributed by atoms with Crippen LogP contribution in [-0.2, 0) is 6.18 Å². The van der Waals surface area contributed by atoms with Crippen LogP contribution in [0.4, 0.5) is 13.2 Å². The van der Waals surface area contributed by atoms with E-state index in [1.165, 1.54) is 24.3 Å². The molecule has 0 aliphatic carbocycles. The largest absolute Gasteiger partial charge is 0.508 e. The molecule has 0 fully saturated rings. The third-order valence-electron chi connectivity index (χ3n) is 1.68. The highest BCUT2D eigenvalue weighted by Gasteiger charge is 2.36. The molecule has 2 rings (SSSR count). The van der Waals surface area contributed by atoms with Gasteiger partial charge in [0, 0.05) is 17.6 Å². The van der Waals surface area contributed by atoms with Crippen LogP contribution in [0.3, 0.4) is 0 Å². The number of phenolic OH excluding ortho intramolecular Hbond substituents is 1. The highest BCUT2D eigenvalue weighted by molar-refractivity contribution is 7.07. The van der Waals surface area contributed by atoms with E-state index in [1.54, 1.807) is 0 Å². The Balaban J connectivity index is 2.17. The lowest BCUT2D eigenvalue weighted by atomic mass is 10.3. The fourth-order valence-electron chi connectivity index (χ4n) is 1.01. The van der Waals surface area contributed by atoms with Crippen molar-refractivity contribution < 1.29 is 23.0 Å². The summed E-state index contributed by atoms with van der Waals surface area (Å²) in [6.45, 7) is 0. The zero-order valence-electron chi connectivity index (χ0n) is 8.10. The Morgan fingerprint density at radius 3 is 2.65 bits per heavy atom. The monoisotopic (exact) mass is 262 g/mol. The molecule has 1 aromatic heterocycles. The Bertz CT molecular complexity index is 527. The van der Waals surface area contributed by atoms with Crippen molar-refractivity contribution >= 4 is 11.5 Å². The van der Waals surface area contributed by atoms with Crippen molar-refractivity contribution in [2.24, 2.45) is 0 Å². The van der Waals surface area contributed by atoms with Crippen molar-refractivity contribution in [1.82, 2.24) is 9.36 Å². The van der Waals surface area contributed by atoms with Crippen molar-refractivity contribution in [2.45, 2.75) is 6.18 Å². The summed E-state index contributed by atoms with van der Waals surface area (Å²) in [6, 6.07) is 5.65. The Hall–Kier alpha value is -1.83. The molecule has 0 radical (unpaired) electrons. The van der Waals surface area contributed by atoms with Gasteiger partial charge >= 0.3 is 6.18 Å². The number of aromatic nitrogens is 2. The summed E-state index contributed by atoms with van der Waals surface area (Å²) in [4.78, 5) is 3.19. The molecule has 17 heavy (non-hydrogen) atoms. The average Bonchev–Trinajstić information content (AvgIpc) is 2.65. The van der Waals surface area contributed by atoms with Gasteiger partial charge in [-0.1, -0.05) is 6.07 Å². The minimum Gasteiger partial charge on any atom is -0.508 e. The van der Waals surface area contributed by atoms with Crippen molar-refractivity contribution in [3.63, 3.8) is 0 Å². The van der Waals surface area contributed by atoms with Crippen LogP contribution in [0, 0.1) is 0 Å². The summed E-state index contributed by atoms with van der Waals surface area (Å²) in [5.74, 6) is -1.10. The predicted molar refractivity (Wildman–Crippen MR) is 53.1 cm³/mol. The third-order valence-corrected chi connectivity index (χ3v) is 2.28. The van der Waals surface area contributed by atoms with Crippen LogP contribution in [0.15, 0.2) is 24.3 Å². The van der Waals surface area contributed by atoms with Crippen LogP contribution in [0.5, 0.6) is 16.7 Å². The molecule has 1 heterocycles. The van der Waals surface area contributed by atoms with Gasteiger partial charge in [0.05, 0.1) is 0 Å². The van der Waals surface area contributed by atoms with Gasteiger partial charge in [-0.2, -0.15) is 22.5 Å². The Kier molecular flexibility index (Phi) is 2.88. The zero-order chi connectivity index (χ0) is 12.5. The van der Waals surface area contributed by atoms with Crippen molar-refractivity contribution in [2.75, 3.05) is 0 Å². The second-order valence-electron chi connectivity index (χ2n) is 2.98. The lowest BCUT2D eigenvalue weighted by Crippen LogP contribution is -2.06. The number of hydrogen-bond donors (Lipinski definition) is 1. The van der Waals surface area contributed by atoms with Crippen LogP contribution >= 0.6 is 11.5 Å². The number of nitrogens with zero attached hydrogens (tertiary/aromatic N) is 2. The fourth-order valence-corrected chi connectivity index (χ4v) is 1.58. The van der Waals surface area contributed by atoms with Gasteiger partial charge in [0.25, 0.3) is 11.0 Å². The molecule has 0 spiro atoms. The van der Waals surface area contributed by atoms with Crippen molar-refractivity contribution in [1.29, 1.82) is 0 Å². The summed E-state index contributed by atoms with van der Waals surface area (Å²) in [7, 11) is 0. The molecule has 0 aliphatic heterocycles. The molecule has 8 heteroatoms. The second-order valence-corrected chi connectivity index (χ2v) is 3.70. The van der Waals surface area contributed by atoms with Gasteiger partial charge in [0.2, 0.25) is 0 Å². The van der Waals surface area contributed by atoms with E-state index in [4.69, 9.17) is 9.84 Å². The Morgan fingerprint density at radius 1 is 1.29 bits per heavy atom. The Morgan fingerprint density at radius 2 is 2.06 bits per heavy atom.